The Labute approximate surface area is 128 Å². The highest BCUT2D eigenvalue weighted by Gasteiger charge is 2.19. The highest BCUT2D eigenvalue weighted by molar-refractivity contribution is 7.89. The van der Waals surface area contributed by atoms with Crippen LogP contribution in [0.5, 0.6) is 0 Å². The Morgan fingerprint density at radius 1 is 1.10 bits per heavy atom. The van der Waals surface area contributed by atoms with Gasteiger partial charge in [0.2, 0.25) is 10.0 Å². The van der Waals surface area contributed by atoms with Crippen molar-refractivity contribution in [3.05, 3.63) is 24.3 Å². The van der Waals surface area contributed by atoms with Crippen molar-refractivity contribution >= 4 is 15.7 Å². The molecule has 5 nitrogen and oxygen atoms in total. The van der Waals surface area contributed by atoms with Gasteiger partial charge >= 0.3 is 0 Å². The predicted octanol–water partition coefficient (Wildman–Crippen LogP) is 2.30. The second-order valence-corrected chi connectivity index (χ2v) is 7.11. The van der Waals surface area contributed by atoms with Crippen molar-refractivity contribution in [2.75, 3.05) is 18.4 Å². The molecule has 1 rings (SSSR count). The zero-order chi connectivity index (χ0) is 15.9. The molecule has 0 saturated carbocycles. The van der Waals surface area contributed by atoms with Gasteiger partial charge in [-0.3, -0.25) is 0 Å². The molecule has 0 amide bonds. The fourth-order valence-electron chi connectivity index (χ4n) is 1.85. The summed E-state index contributed by atoms with van der Waals surface area (Å²) in [6.07, 6.45) is 2.55. The normalized spacial score (nSPS) is 12.4. The molecule has 0 saturated heterocycles. The SMILES string of the molecule is CCCNS(=O)(=O)c1ccc(NCC(N)(CC)CC)cc1. The third-order valence-corrected chi connectivity index (χ3v) is 5.24. The van der Waals surface area contributed by atoms with E-state index in [1.165, 1.54) is 0 Å². The maximum atomic E-state index is 12.0. The standard InChI is InChI=1S/C15H27N3O2S/c1-4-11-18-21(19,20)14-9-7-13(8-10-14)17-12-15(16,5-2)6-3/h7-10,17-18H,4-6,11-12,16H2,1-3H3. The first kappa shape index (κ1) is 17.9. The molecule has 0 aliphatic rings. The largest absolute Gasteiger partial charge is 0.383 e. The lowest BCUT2D eigenvalue weighted by atomic mass is 9.94. The summed E-state index contributed by atoms with van der Waals surface area (Å²) in [6.45, 7) is 7.18. The van der Waals surface area contributed by atoms with Crippen molar-refractivity contribution in [1.29, 1.82) is 0 Å². The Morgan fingerprint density at radius 3 is 2.14 bits per heavy atom. The molecule has 0 aliphatic carbocycles. The summed E-state index contributed by atoms with van der Waals surface area (Å²) in [5, 5.41) is 3.27. The van der Waals surface area contributed by atoms with Crippen LogP contribution in [0, 0.1) is 0 Å². The molecule has 0 bridgehead atoms. The van der Waals surface area contributed by atoms with Crippen molar-refractivity contribution in [3.63, 3.8) is 0 Å². The van der Waals surface area contributed by atoms with Crippen LogP contribution in [0.1, 0.15) is 40.0 Å². The van der Waals surface area contributed by atoms with Crippen LogP contribution >= 0.6 is 0 Å². The molecule has 1 aromatic rings. The first-order chi connectivity index (χ1) is 9.87. The van der Waals surface area contributed by atoms with E-state index in [2.05, 4.69) is 23.9 Å². The van der Waals surface area contributed by atoms with Gasteiger partial charge in [0.05, 0.1) is 4.90 Å². The van der Waals surface area contributed by atoms with E-state index in [9.17, 15) is 8.42 Å². The number of rotatable bonds is 9. The second kappa shape index (κ2) is 7.77. The van der Waals surface area contributed by atoms with Crippen LogP contribution in [0.15, 0.2) is 29.2 Å². The van der Waals surface area contributed by atoms with Crippen molar-refractivity contribution in [3.8, 4) is 0 Å². The monoisotopic (exact) mass is 313 g/mol. The van der Waals surface area contributed by atoms with Gasteiger partial charge in [0, 0.05) is 24.3 Å². The minimum atomic E-state index is -3.39. The van der Waals surface area contributed by atoms with E-state index in [-0.39, 0.29) is 10.4 Å². The van der Waals surface area contributed by atoms with Gasteiger partial charge in [0.1, 0.15) is 0 Å². The molecule has 0 radical (unpaired) electrons. The van der Waals surface area contributed by atoms with Crippen molar-refractivity contribution in [2.45, 2.75) is 50.5 Å². The Kier molecular flexibility index (Phi) is 6.64. The number of nitrogens with one attached hydrogen (secondary N) is 2. The fraction of sp³-hybridized carbons (Fsp3) is 0.600. The van der Waals surface area contributed by atoms with E-state index in [0.29, 0.717) is 13.1 Å². The molecule has 0 heterocycles. The lowest BCUT2D eigenvalue weighted by Crippen LogP contribution is -2.45. The molecule has 120 valence electrons. The molecule has 0 spiro atoms. The van der Waals surface area contributed by atoms with E-state index in [1.807, 2.05) is 6.92 Å². The Hall–Kier alpha value is -1.11. The van der Waals surface area contributed by atoms with Gasteiger partial charge < -0.3 is 11.1 Å². The van der Waals surface area contributed by atoms with Crippen molar-refractivity contribution in [1.82, 2.24) is 4.72 Å². The summed E-state index contributed by atoms with van der Waals surface area (Å²) in [6, 6.07) is 6.76. The zero-order valence-corrected chi connectivity index (χ0v) is 14.0. The number of anilines is 1. The minimum absolute atomic E-state index is 0.229. The molecule has 0 aromatic heterocycles. The van der Waals surface area contributed by atoms with E-state index in [4.69, 9.17) is 5.73 Å². The average Bonchev–Trinajstić information content (AvgIpc) is 2.51. The lowest BCUT2D eigenvalue weighted by Gasteiger charge is -2.27. The maximum Gasteiger partial charge on any atom is 0.240 e. The smallest absolute Gasteiger partial charge is 0.240 e. The predicted molar refractivity (Wildman–Crippen MR) is 87.9 cm³/mol. The van der Waals surface area contributed by atoms with Crippen LogP contribution in [-0.4, -0.2) is 27.0 Å². The van der Waals surface area contributed by atoms with Crippen LogP contribution in [-0.2, 0) is 10.0 Å². The van der Waals surface area contributed by atoms with Crippen molar-refractivity contribution < 1.29 is 8.42 Å². The third kappa shape index (κ3) is 5.30. The van der Waals surface area contributed by atoms with Gasteiger partial charge in [-0.2, -0.15) is 0 Å². The fourth-order valence-corrected chi connectivity index (χ4v) is 2.98. The summed E-state index contributed by atoms with van der Waals surface area (Å²) in [5.74, 6) is 0. The average molecular weight is 313 g/mol. The number of nitrogens with two attached hydrogens (primary N) is 1. The molecular weight excluding hydrogens is 286 g/mol. The molecule has 0 fully saturated rings. The van der Waals surface area contributed by atoms with Gasteiger partial charge in [-0.25, -0.2) is 13.1 Å². The van der Waals surface area contributed by atoms with Gasteiger partial charge in [-0.1, -0.05) is 20.8 Å². The van der Waals surface area contributed by atoms with E-state index >= 15 is 0 Å². The van der Waals surface area contributed by atoms with E-state index in [0.717, 1.165) is 24.9 Å². The van der Waals surface area contributed by atoms with Crippen LogP contribution in [0.25, 0.3) is 0 Å². The Balaban J connectivity index is 2.70. The Bertz CT molecular complexity index is 522. The number of sulfonamides is 1. The molecule has 0 unspecified atom stereocenters. The van der Waals surface area contributed by atoms with Gasteiger partial charge in [0.25, 0.3) is 0 Å². The maximum absolute atomic E-state index is 12.0. The second-order valence-electron chi connectivity index (χ2n) is 5.35. The third-order valence-electron chi connectivity index (χ3n) is 3.76. The quantitative estimate of drug-likeness (QED) is 0.653. The van der Waals surface area contributed by atoms with E-state index in [1.54, 1.807) is 24.3 Å². The van der Waals surface area contributed by atoms with Gasteiger partial charge in [-0.05, 0) is 43.5 Å². The number of hydrogen-bond acceptors (Lipinski definition) is 4. The van der Waals surface area contributed by atoms with E-state index < -0.39 is 10.0 Å². The summed E-state index contributed by atoms with van der Waals surface area (Å²) in [5.41, 5.74) is 6.88. The van der Waals surface area contributed by atoms with Crippen LogP contribution in [0.3, 0.4) is 0 Å². The first-order valence-electron chi connectivity index (χ1n) is 7.49. The highest BCUT2D eigenvalue weighted by Crippen LogP contribution is 2.16. The van der Waals surface area contributed by atoms with Gasteiger partial charge in [-0.15, -0.1) is 0 Å². The highest BCUT2D eigenvalue weighted by atomic mass is 32.2. The van der Waals surface area contributed by atoms with Crippen molar-refractivity contribution in [2.24, 2.45) is 5.73 Å². The van der Waals surface area contributed by atoms with Crippen LogP contribution in [0.2, 0.25) is 0 Å². The molecule has 6 heteroatoms. The summed E-state index contributed by atoms with van der Waals surface area (Å²) in [7, 11) is -3.39. The summed E-state index contributed by atoms with van der Waals surface area (Å²) in [4.78, 5) is 0.284. The molecule has 21 heavy (non-hydrogen) atoms. The van der Waals surface area contributed by atoms with Crippen LogP contribution < -0.4 is 15.8 Å². The zero-order valence-electron chi connectivity index (χ0n) is 13.1. The molecule has 0 atom stereocenters. The summed E-state index contributed by atoms with van der Waals surface area (Å²) < 4.78 is 26.5. The first-order valence-corrected chi connectivity index (χ1v) is 8.97. The lowest BCUT2D eigenvalue weighted by molar-refractivity contribution is 0.418. The van der Waals surface area contributed by atoms with Gasteiger partial charge in [0.15, 0.2) is 0 Å². The number of benzene rings is 1. The molecule has 0 aliphatic heterocycles. The topological polar surface area (TPSA) is 84.2 Å². The summed E-state index contributed by atoms with van der Waals surface area (Å²) >= 11 is 0. The molecular formula is C15H27N3O2S. The Morgan fingerprint density at radius 2 is 1.67 bits per heavy atom. The minimum Gasteiger partial charge on any atom is -0.383 e. The molecule has 4 N–H and O–H groups in total. The van der Waals surface area contributed by atoms with Crippen LogP contribution in [0.4, 0.5) is 5.69 Å². The number of hydrogen-bond donors (Lipinski definition) is 3. The molecule has 1 aromatic carbocycles.